The molecule has 0 aliphatic carbocycles. The zero-order valence-electron chi connectivity index (χ0n) is 16.1. The van der Waals surface area contributed by atoms with Crippen LogP contribution in [-0.4, -0.2) is 24.2 Å². The van der Waals surface area contributed by atoms with Gasteiger partial charge in [-0.15, -0.1) is 0 Å². The van der Waals surface area contributed by atoms with Gasteiger partial charge in [-0.1, -0.05) is 12.1 Å². The predicted octanol–water partition coefficient (Wildman–Crippen LogP) is 4.30. The molecule has 2 aromatic carbocycles. The lowest BCUT2D eigenvalue weighted by Crippen LogP contribution is -2.03. The summed E-state index contributed by atoms with van der Waals surface area (Å²) >= 11 is 0. The second kappa shape index (κ2) is 7.23. The van der Waals surface area contributed by atoms with Crippen LogP contribution < -0.4 is 20.5 Å². The lowest BCUT2D eigenvalue weighted by Gasteiger charge is -2.13. The zero-order valence-corrected chi connectivity index (χ0v) is 16.1. The molecule has 0 radical (unpaired) electrons. The van der Waals surface area contributed by atoms with Crippen LogP contribution in [0.25, 0.3) is 21.8 Å². The Balaban J connectivity index is 1.69. The summed E-state index contributed by atoms with van der Waals surface area (Å²) in [4.78, 5) is 9.03. The molecule has 0 amide bonds. The van der Waals surface area contributed by atoms with E-state index < -0.39 is 0 Å². The van der Waals surface area contributed by atoms with Crippen molar-refractivity contribution in [2.45, 2.75) is 13.5 Å². The van der Waals surface area contributed by atoms with E-state index in [1.54, 1.807) is 20.4 Å². The molecule has 0 unspecified atom stereocenters. The Hall–Kier alpha value is -3.54. The Labute approximate surface area is 163 Å². The molecule has 6 heteroatoms. The molecule has 0 saturated heterocycles. The van der Waals surface area contributed by atoms with E-state index in [2.05, 4.69) is 33.5 Å². The third kappa shape index (κ3) is 3.24. The number of nitrogen functional groups attached to an aromatic ring is 1. The minimum Gasteiger partial charge on any atom is -0.497 e. The van der Waals surface area contributed by atoms with Crippen molar-refractivity contribution in [3.8, 4) is 11.5 Å². The molecule has 0 bridgehead atoms. The van der Waals surface area contributed by atoms with Crippen LogP contribution in [-0.2, 0) is 6.54 Å². The maximum Gasteiger partial charge on any atom is 0.150 e. The maximum absolute atomic E-state index is 6.13. The molecule has 0 aliphatic heterocycles. The van der Waals surface area contributed by atoms with Gasteiger partial charge in [0.25, 0.3) is 0 Å². The van der Waals surface area contributed by atoms with E-state index in [-0.39, 0.29) is 0 Å². The number of nitrogens with zero attached hydrogens (tertiary/aromatic N) is 2. The van der Waals surface area contributed by atoms with Crippen molar-refractivity contribution in [1.82, 2.24) is 9.97 Å². The molecule has 4 rings (SSSR count). The first-order valence-electron chi connectivity index (χ1n) is 8.99. The van der Waals surface area contributed by atoms with Crippen molar-refractivity contribution in [2.75, 3.05) is 25.3 Å². The summed E-state index contributed by atoms with van der Waals surface area (Å²) in [6.07, 6.45) is 1.77. The molecule has 0 saturated carbocycles. The number of methoxy groups -OCH3 is 2. The third-order valence-corrected chi connectivity index (χ3v) is 4.79. The van der Waals surface area contributed by atoms with Gasteiger partial charge in [-0.3, -0.25) is 4.98 Å². The highest BCUT2D eigenvalue weighted by Crippen LogP contribution is 2.30. The number of aromatic nitrogens is 2. The van der Waals surface area contributed by atoms with Crippen molar-refractivity contribution in [3.63, 3.8) is 0 Å². The number of ether oxygens (including phenoxy) is 2. The molecule has 6 nitrogen and oxygen atoms in total. The topological polar surface area (TPSA) is 82.3 Å². The van der Waals surface area contributed by atoms with E-state index in [4.69, 9.17) is 15.2 Å². The minimum absolute atomic E-state index is 0.441. The van der Waals surface area contributed by atoms with E-state index >= 15 is 0 Å². The highest BCUT2D eigenvalue weighted by atomic mass is 16.5. The number of aryl methyl sites for hydroxylation is 1. The number of pyridine rings is 2. The fourth-order valence-electron chi connectivity index (χ4n) is 3.31. The summed E-state index contributed by atoms with van der Waals surface area (Å²) in [5.74, 6) is 1.98. The molecule has 3 N–H and O–H groups in total. The quantitative estimate of drug-likeness (QED) is 0.507. The average molecular weight is 374 g/mol. The summed E-state index contributed by atoms with van der Waals surface area (Å²) < 4.78 is 10.7. The molecule has 4 aromatic rings. The molecule has 2 aromatic heterocycles. The van der Waals surface area contributed by atoms with Crippen LogP contribution >= 0.6 is 0 Å². The molecule has 28 heavy (non-hydrogen) atoms. The lowest BCUT2D eigenvalue weighted by atomic mass is 10.1. The van der Waals surface area contributed by atoms with Crippen LogP contribution in [0, 0.1) is 6.92 Å². The van der Waals surface area contributed by atoms with Crippen molar-refractivity contribution in [2.24, 2.45) is 0 Å². The Bertz CT molecular complexity index is 1170. The zero-order chi connectivity index (χ0) is 19.7. The minimum atomic E-state index is 0.441. The van der Waals surface area contributed by atoms with Gasteiger partial charge in [0.2, 0.25) is 0 Å². The third-order valence-electron chi connectivity index (χ3n) is 4.79. The lowest BCUT2D eigenvalue weighted by molar-refractivity contribution is 0.391. The van der Waals surface area contributed by atoms with Gasteiger partial charge in [0.1, 0.15) is 17.0 Å². The standard InChI is InChI=1S/C22H22N4O2/c1-13-4-7-17-18-9-15(12-25-21(18)22(23)26-19(17)8-13)24-11-14-5-6-16(27-2)10-20(14)28-3/h4-10,12,24H,11H2,1-3H3,(H2,23,26). The Kier molecular flexibility index (Phi) is 4.61. The first-order chi connectivity index (χ1) is 13.6. The van der Waals surface area contributed by atoms with Crippen LogP contribution in [0.3, 0.4) is 0 Å². The molecule has 0 spiro atoms. The number of rotatable bonds is 5. The second-order valence-corrected chi connectivity index (χ2v) is 6.67. The van der Waals surface area contributed by atoms with Gasteiger partial charge < -0.3 is 20.5 Å². The summed E-state index contributed by atoms with van der Waals surface area (Å²) in [6, 6.07) is 14.0. The molecule has 0 aliphatic rings. The molecule has 0 atom stereocenters. The summed E-state index contributed by atoms with van der Waals surface area (Å²) in [5, 5.41) is 5.43. The van der Waals surface area contributed by atoms with E-state index in [0.717, 1.165) is 44.6 Å². The second-order valence-electron chi connectivity index (χ2n) is 6.67. The summed E-state index contributed by atoms with van der Waals surface area (Å²) in [7, 11) is 3.29. The van der Waals surface area contributed by atoms with Gasteiger partial charge in [-0.2, -0.15) is 0 Å². The smallest absolute Gasteiger partial charge is 0.150 e. The number of hydrogen-bond donors (Lipinski definition) is 2. The number of anilines is 2. The SMILES string of the molecule is COc1ccc(CNc2cnc3c(N)nc4cc(C)ccc4c3c2)c(OC)c1. The van der Waals surface area contributed by atoms with Gasteiger partial charge in [-0.25, -0.2) is 4.98 Å². The highest BCUT2D eigenvalue weighted by Gasteiger charge is 2.10. The van der Waals surface area contributed by atoms with Crippen molar-refractivity contribution >= 4 is 33.3 Å². The summed E-state index contributed by atoms with van der Waals surface area (Å²) in [6.45, 7) is 2.64. The number of nitrogens with one attached hydrogen (secondary N) is 1. The van der Waals surface area contributed by atoms with Crippen LogP contribution in [0.15, 0.2) is 48.7 Å². The van der Waals surface area contributed by atoms with Crippen LogP contribution in [0.5, 0.6) is 11.5 Å². The predicted molar refractivity (Wildman–Crippen MR) is 113 cm³/mol. The van der Waals surface area contributed by atoms with Gasteiger partial charge >= 0.3 is 0 Å². The van der Waals surface area contributed by atoms with E-state index in [9.17, 15) is 0 Å². The van der Waals surface area contributed by atoms with Crippen LogP contribution in [0.2, 0.25) is 0 Å². The maximum atomic E-state index is 6.13. The number of nitrogens with two attached hydrogens (primary N) is 1. The van der Waals surface area contributed by atoms with Gasteiger partial charge in [0.05, 0.1) is 31.6 Å². The number of fused-ring (bicyclic) bond motifs is 3. The normalized spacial score (nSPS) is 11.0. The molecule has 0 fully saturated rings. The molecule has 2 heterocycles. The van der Waals surface area contributed by atoms with E-state index in [0.29, 0.717) is 17.9 Å². The Morgan fingerprint density at radius 2 is 1.86 bits per heavy atom. The van der Waals surface area contributed by atoms with Crippen LogP contribution in [0.4, 0.5) is 11.5 Å². The van der Waals surface area contributed by atoms with Crippen molar-refractivity contribution in [3.05, 3.63) is 59.8 Å². The van der Waals surface area contributed by atoms with Crippen LogP contribution in [0.1, 0.15) is 11.1 Å². The molecular weight excluding hydrogens is 352 g/mol. The average Bonchev–Trinajstić information content (AvgIpc) is 2.71. The monoisotopic (exact) mass is 374 g/mol. The van der Waals surface area contributed by atoms with Gasteiger partial charge in [0.15, 0.2) is 5.82 Å². The largest absolute Gasteiger partial charge is 0.497 e. The van der Waals surface area contributed by atoms with Gasteiger partial charge in [0, 0.05) is 28.9 Å². The van der Waals surface area contributed by atoms with E-state index in [1.807, 2.05) is 31.2 Å². The van der Waals surface area contributed by atoms with E-state index in [1.165, 1.54) is 0 Å². The fraction of sp³-hybridized carbons (Fsp3) is 0.182. The number of hydrogen-bond acceptors (Lipinski definition) is 6. The van der Waals surface area contributed by atoms with Crippen molar-refractivity contribution in [1.29, 1.82) is 0 Å². The fourth-order valence-corrected chi connectivity index (χ4v) is 3.31. The first-order valence-corrected chi connectivity index (χ1v) is 8.99. The number of benzene rings is 2. The van der Waals surface area contributed by atoms with Crippen molar-refractivity contribution < 1.29 is 9.47 Å². The molecular formula is C22H22N4O2. The Morgan fingerprint density at radius 1 is 1.00 bits per heavy atom. The first kappa shape index (κ1) is 17.9. The Morgan fingerprint density at radius 3 is 2.64 bits per heavy atom. The molecule has 142 valence electrons. The highest BCUT2D eigenvalue weighted by molar-refractivity contribution is 6.08. The van der Waals surface area contributed by atoms with Gasteiger partial charge in [-0.05, 0) is 36.8 Å². The summed E-state index contributed by atoms with van der Waals surface area (Å²) in [5.41, 5.74) is 10.8.